The van der Waals surface area contributed by atoms with E-state index < -0.39 is 0 Å². The highest BCUT2D eigenvalue weighted by Crippen LogP contribution is 2.19. The van der Waals surface area contributed by atoms with E-state index in [0.717, 1.165) is 37.8 Å². The first kappa shape index (κ1) is 18.9. The lowest BCUT2D eigenvalue weighted by Gasteiger charge is -2.38. The lowest BCUT2D eigenvalue weighted by Crippen LogP contribution is -3.15. The van der Waals surface area contributed by atoms with Crippen molar-refractivity contribution in [3.8, 4) is 0 Å². The number of hydrogen-bond donors (Lipinski definition) is 2. The number of rotatable bonds is 6. The van der Waals surface area contributed by atoms with Gasteiger partial charge in [-0.25, -0.2) is 0 Å². The maximum Gasteiger partial charge on any atom is 0.169 e. The van der Waals surface area contributed by atoms with Gasteiger partial charge in [0.05, 0.1) is 26.2 Å². The fourth-order valence-corrected chi connectivity index (χ4v) is 4.01. The van der Waals surface area contributed by atoms with E-state index in [1.165, 1.54) is 24.0 Å². The molecule has 1 aliphatic heterocycles. The van der Waals surface area contributed by atoms with E-state index >= 15 is 0 Å². The largest absolute Gasteiger partial charge is 0.363 e. The summed E-state index contributed by atoms with van der Waals surface area (Å²) in [6.07, 6.45) is 2.37. The molecule has 2 aromatic carbocycles. The van der Waals surface area contributed by atoms with Crippen molar-refractivity contribution in [2.75, 3.05) is 32.7 Å². The number of benzene rings is 2. The van der Waals surface area contributed by atoms with Crippen molar-refractivity contribution in [1.82, 2.24) is 10.2 Å². The smallest absolute Gasteiger partial charge is 0.169 e. The third-order valence-electron chi connectivity index (χ3n) is 5.17. The monoisotopic (exact) mass is 368 g/mol. The molecule has 1 heterocycles. The predicted molar refractivity (Wildman–Crippen MR) is 113 cm³/mol. The Morgan fingerprint density at radius 2 is 1.54 bits per heavy atom. The number of piperazine rings is 1. The van der Waals surface area contributed by atoms with Gasteiger partial charge in [-0.15, -0.1) is 0 Å². The fraction of sp³-hybridized carbons (Fsp3) is 0.409. The molecule has 138 valence electrons. The van der Waals surface area contributed by atoms with Gasteiger partial charge in [0.2, 0.25) is 0 Å². The minimum absolute atomic E-state index is 0.390. The highest BCUT2D eigenvalue weighted by atomic mass is 32.1. The van der Waals surface area contributed by atoms with Gasteiger partial charge in [0.1, 0.15) is 6.04 Å². The van der Waals surface area contributed by atoms with Crippen LogP contribution in [0.3, 0.4) is 0 Å². The van der Waals surface area contributed by atoms with Crippen LogP contribution < -0.4 is 10.2 Å². The number of nitrogens with one attached hydrogen (secondary N) is 2. The van der Waals surface area contributed by atoms with Crippen LogP contribution in [0.1, 0.15) is 36.9 Å². The van der Waals surface area contributed by atoms with E-state index in [1.54, 1.807) is 4.90 Å². The first-order valence-electron chi connectivity index (χ1n) is 9.77. The standard InChI is InChI=1S/C22H29N3S/c1-2-3-14-23-22(26)25-17-15-24(16-18-25)21(19-10-6-4-7-11-19)20-12-8-5-9-13-20/h4-13,21H,2-3,14-18H2,1H3,(H,23,26)/p+1. The van der Waals surface area contributed by atoms with Crippen molar-refractivity contribution in [2.24, 2.45) is 0 Å². The number of nitrogens with zero attached hydrogens (tertiary/aromatic N) is 1. The van der Waals surface area contributed by atoms with Crippen LogP contribution in [0, 0.1) is 0 Å². The van der Waals surface area contributed by atoms with Gasteiger partial charge in [-0.2, -0.15) is 0 Å². The van der Waals surface area contributed by atoms with Crippen molar-refractivity contribution in [2.45, 2.75) is 25.8 Å². The molecule has 0 unspecified atom stereocenters. The third-order valence-corrected chi connectivity index (χ3v) is 5.58. The van der Waals surface area contributed by atoms with Gasteiger partial charge in [-0.3, -0.25) is 0 Å². The fourth-order valence-electron chi connectivity index (χ4n) is 3.72. The average Bonchev–Trinajstić information content (AvgIpc) is 2.70. The highest BCUT2D eigenvalue weighted by Gasteiger charge is 2.30. The third kappa shape index (κ3) is 4.83. The molecule has 1 fully saturated rings. The predicted octanol–water partition coefficient (Wildman–Crippen LogP) is 2.65. The van der Waals surface area contributed by atoms with Crippen molar-refractivity contribution in [1.29, 1.82) is 0 Å². The summed E-state index contributed by atoms with van der Waals surface area (Å²) >= 11 is 5.58. The van der Waals surface area contributed by atoms with Gasteiger partial charge >= 0.3 is 0 Å². The molecule has 26 heavy (non-hydrogen) atoms. The van der Waals surface area contributed by atoms with Gasteiger partial charge in [-0.05, 0) is 18.6 Å². The lowest BCUT2D eigenvalue weighted by molar-refractivity contribution is -0.929. The zero-order chi connectivity index (χ0) is 18.2. The summed E-state index contributed by atoms with van der Waals surface area (Å²) in [5.74, 6) is 0. The summed E-state index contributed by atoms with van der Waals surface area (Å²) in [7, 11) is 0. The Morgan fingerprint density at radius 1 is 1.00 bits per heavy atom. The number of thiocarbonyl (C=S) groups is 1. The zero-order valence-electron chi connectivity index (χ0n) is 15.7. The molecule has 0 radical (unpaired) electrons. The molecule has 2 aromatic rings. The van der Waals surface area contributed by atoms with Crippen molar-refractivity contribution < 1.29 is 4.90 Å². The molecule has 0 aromatic heterocycles. The molecule has 3 rings (SSSR count). The Labute approximate surface area is 163 Å². The highest BCUT2D eigenvalue weighted by molar-refractivity contribution is 7.80. The first-order chi connectivity index (χ1) is 12.8. The zero-order valence-corrected chi connectivity index (χ0v) is 16.5. The van der Waals surface area contributed by atoms with Crippen LogP contribution in [-0.4, -0.2) is 42.7 Å². The SMILES string of the molecule is CCCCNC(=S)N1CC[NH+](C(c2ccccc2)c2ccccc2)CC1. The summed E-state index contributed by atoms with van der Waals surface area (Å²) in [5.41, 5.74) is 2.79. The van der Waals surface area contributed by atoms with Crippen LogP contribution in [0.25, 0.3) is 0 Å². The molecule has 0 aliphatic carbocycles. The Hall–Kier alpha value is -1.91. The number of quaternary nitrogens is 1. The number of unbranched alkanes of at least 4 members (excludes halogenated alkanes) is 1. The molecule has 0 atom stereocenters. The lowest BCUT2D eigenvalue weighted by atomic mass is 9.96. The maximum atomic E-state index is 5.58. The summed E-state index contributed by atoms with van der Waals surface area (Å²) in [5, 5.41) is 4.33. The molecule has 1 aliphatic rings. The molecule has 1 saturated heterocycles. The normalized spacial score (nSPS) is 15.2. The van der Waals surface area contributed by atoms with Crippen LogP contribution in [0.2, 0.25) is 0 Å². The van der Waals surface area contributed by atoms with Gasteiger partial charge in [0.25, 0.3) is 0 Å². The molecule has 3 nitrogen and oxygen atoms in total. The van der Waals surface area contributed by atoms with E-state index in [9.17, 15) is 0 Å². The quantitative estimate of drug-likeness (QED) is 0.604. The summed E-state index contributed by atoms with van der Waals surface area (Å²) in [4.78, 5) is 3.96. The molecule has 0 bridgehead atoms. The summed E-state index contributed by atoms with van der Waals surface area (Å²) in [6.45, 7) is 7.43. The second-order valence-electron chi connectivity index (χ2n) is 6.99. The molecular weight excluding hydrogens is 338 g/mol. The van der Waals surface area contributed by atoms with E-state index in [4.69, 9.17) is 12.2 Å². The Morgan fingerprint density at radius 3 is 2.04 bits per heavy atom. The molecule has 2 N–H and O–H groups in total. The van der Waals surface area contributed by atoms with Crippen molar-refractivity contribution in [3.63, 3.8) is 0 Å². The van der Waals surface area contributed by atoms with Crippen LogP contribution in [0.15, 0.2) is 60.7 Å². The van der Waals surface area contributed by atoms with E-state index in [-0.39, 0.29) is 0 Å². The van der Waals surface area contributed by atoms with E-state index in [0.29, 0.717) is 6.04 Å². The minimum Gasteiger partial charge on any atom is -0.363 e. The van der Waals surface area contributed by atoms with Gasteiger partial charge in [0.15, 0.2) is 5.11 Å². The Balaban J connectivity index is 1.67. The van der Waals surface area contributed by atoms with Crippen molar-refractivity contribution in [3.05, 3.63) is 71.8 Å². The van der Waals surface area contributed by atoms with E-state index in [2.05, 4.69) is 77.8 Å². The Kier molecular flexibility index (Phi) is 7.04. The summed E-state index contributed by atoms with van der Waals surface area (Å²) < 4.78 is 0. The van der Waals surface area contributed by atoms with Crippen LogP contribution in [-0.2, 0) is 0 Å². The minimum atomic E-state index is 0.390. The van der Waals surface area contributed by atoms with Crippen LogP contribution in [0.4, 0.5) is 0 Å². The maximum absolute atomic E-state index is 5.58. The van der Waals surface area contributed by atoms with Crippen molar-refractivity contribution >= 4 is 17.3 Å². The van der Waals surface area contributed by atoms with Gasteiger partial charge < -0.3 is 15.1 Å². The Bertz CT molecular complexity index is 627. The molecular formula is C22H30N3S+. The molecule has 0 saturated carbocycles. The second-order valence-corrected chi connectivity index (χ2v) is 7.37. The van der Waals surface area contributed by atoms with Gasteiger partial charge in [0, 0.05) is 17.7 Å². The van der Waals surface area contributed by atoms with E-state index in [1.807, 2.05) is 0 Å². The van der Waals surface area contributed by atoms with Gasteiger partial charge in [-0.1, -0.05) is 74.0 Å². The van der Waals surface area contributed by atoms with Crippen LogP contribution in [0.5, 0.6) is 0 Å². The molecule has 0 spiro atoms. The summed E-state index contributed by atoms with van der Waals surface area (Å²) in [6, 6.07) is 22.2. The number of hydrogen-bond acceptors (Lipinski definition) is 1. The topological polar surface area (TPSA) is 19.7 Å². The first-order valence-corrected chi connectivity index (χ1v) is 10.2. The average molecular weight is 369 g/mol. The molecule has 0 amide bonds. The van der Waals surface area contributed by atoms with Crippen LogP contribution >= 0.6 is 12.2 Å². The molecule has 4 heteroatoms. The second kappa shape index (κ2) is 9.70.